The van der Waals surface area contributed by atoms with E-state index in [1.54, 1.807) is 56.4 Å². The second-order valence-corrected chi connectivity index (χ2v) is 12.6. The monoisotopic (exact) mass is 665 g/mol. The molecule has 4 rings (SSSR count). The summed E-state index contributed by atoms with van der Waals surface area (Å²) in [6.45, 7) is 3.34. The number of carboxylic acid groups (broad SMARTS) is 1. The van der Waals surface area contributed by atoms with Crippen molar-refractivity contribution >= 4 is 11.9 Å². The van der Waals surface area contributed by atoms with Crippen LogP contribution in [-0.2, 0) is 33.3 Å². The number of aliphatic hydroxyl groups is 5. The first kappa shape index (κ1) is 37.1. The van der Waals surface area contributed by atoms with Crippen LogP contribution in [-0.4, -0.2) is 122 Å². The summed E-state index contributed by atoms with van der Waals surface area (Å²) in [5.41, 5.74) is 5.98. The lowest BCUT2D eigenvalue weighted by molar-refractivity contribution is -0.308. The van der Waals surface area contributed by atoms with Gasteiger partial charge in [-0.25, -0.2) is 4.79 Å². The summed E-state index contributed by atoms with van der Waals surface area (Å²) in [5.74, 6) is -5.45. The Balaban J connectivity index is 1.58. The van der Waals surface area contributed by atoms with E-state index in [1.165, 1.54) is 12.2 Å². The molecule has 14 atom stereocenters. The number of ether oxygens (including phenoxy) is 5. The van der Waals surface area contributed by atoms with E-state index in [2.05, 4.69) is 0 Å². The zero-order valence-electron chi connectivity index (χ0n) is 26.4. The third-order valence-corrected chi connectivity index (χ3v) is 8.58. The largest absolute Gasteiger partial charge is 0.481 e. The lowest BCUT2D eigenvalue weighted by Gasteiger charge is -2.45. The fraction of sp³-hybridized carbons (Fsp3) is 0.636. The van der Waals surface area contributed by atoms with E-state index in [0.29, 0.717) is 6.42 Å². The van der Waals surface area contributed by atoms with Gasteiger partial charge in [0.2, 0.25) is 0 Å². The summed E-state index contributed by atoms with van der Waals surface area (Å²) >= 11 is 0. The first-order valence-corrected chi connectivity index (χ1v) is 15.9. The lowest BCUT2D eigenvalue weighted by Crippen LogP contribution is -2.61. The van der Waals surface area contributed by atoms with Gasteiger partial charge in [-0.15, -0.1) is 0 Å². The Labute approximate surface area is 273 Å². The summed E-state index contributed by atoms with van der Waals surface area (Å²) in [7, 11) is 0. The van der Waals surface area contributed by atoms with Crippen LogP contribution in [0.2, 0.25) is 0 Å². The standard InChI is InChI=1S/C33H47NO13/c1-18-10-8-6-4-3-5-7-9-11-21(45-32-30(39)28(34)29(38)19(2)44-32)15-25-27(31(40)41)22(36)17-33(42,47-25)16-20(35)14-24-23(46-24)12-13-26(37)43-18/h3-9,11-13,18-25,27-30,32,35-36,38-39,42H,10,14-17,34H2,1-2H3,(H,40,41)/b4-3+,7-5+,8-6-,11-9+,13-12-/t18-,19-,20+,21+,22+,23?,24+,25+,27-,28+,29-,30+,32+,33-/m1/s1. The molecule has 47 heavy (non-hydrogen) atoms. The van der Waals surface area contributed by atoms with Gasteiger partial charge in [-0.2, -0.15) is 0 Å². The third-order valence-electron chi connectivity index (χ3n) is 8.58. The number of nitrogens with two attached hydrogens (primary N) is 1. The number of rotatable bonds is 3. The van der Waals surface area contributed by atoms with Crippen LogP contribution in [0.25, 0.3) is 0 Å². The molecule has 0 radical (unpaired) electrons. The van der Waals surface area contributed by atoms with Gasteiger partial charge in [-0.05, 0) is 19.9 Å². The van der Waals surface area contributed by atoms with Crippen LogP contribution in [0.15, 0.2) is 60.8 Å². The van der Waals surface area contributed by atoms with Gasteiger partial charge in [0.25, 0.3) is 0 Å². The molecule has 3 fully saturated rings. The molecular formula is C33H47NO13. The Morgan fingerprint density at radius 3 is 2.36 bits per heavy atom. The Hall–Kier alpha value is -2.76. The highest BCUT2D eigenvalue weighted by Crippen LogP contribution is 2.39. The van der Waals surface area contributed by atoms with Crippen molar-refractivity contribution in [3.63, 3.8) is 0 Å². The number of aliphatic carboxylic acids is 1. The second-order valence-electron chi connectivity index (χ2n) is 12.6. The van der Waals surface area contributed by atoms with Crippen LogP contribution in [0, 0.1) is 5.92 Å². The third kappa shape index (κ3) is 10.6. The fourth-order valence-electron chi connectivity index (χ4n) is 6.00. The summed E-state index contributed by atoms with van der Waals surface area (Å²) < 4.78 is 28.5. The maximum Gasteiger partial charge on any atom is 0.330 e. The number of fused-ring (bicyclic) bond motifs is 3. The van der Waals surface area contributed by atoms with Crippen LogP contribution in [0.5, 0.6) is 0 Å². The van der Waals surface area contributed by atoms with Gasteiger partial charge in [0, 0.05) is 38.2 Å². The van der Waals surface area contributed by atoms with Crippen molar-refractivity contribution in [3.8, 4) is 0 Å². The van der Waals surface area contributed by atoms with Crippen LogP contribution in [0.1, 0.15) is 46.0 Å². The van der Waals surface area contributed by atoms with Crippen molar-refractivity contribution in [3.05, 3.63) is 60.8 Å². The Morgan fingerprint density at radius 2 is 1.64 bits per heavy atom. The number of allylic oxidation sites excluding steroid dienone is 6. The zero-order chi connectivity index (χ0) is 34.3. The minimum absolute atomic E-state index is 0.0789. The van der Waals surface area contributed by atoms with Gasteiger partial charge in [0.1, 0.15) is 24.2 Å². The molecule has 0 aromatic carbocycles. The normalized spacial score (nSPS) is 47.2. The number of aliphatic hydroxyl groups excluding tert-OH is 4. The molecule has 0 aromatic rings. The van der Waals surface area contributed by atoms with Crippen LogP contribution in [0.4, 0.5) is 0 Å². The molecule has 0 aromatic heterocycles. The van der Waals surface area contributed by atoms with Crippen LogP contribution in [0.3, 0.4) is 0 Å². The number of hydrogen-bond acceptors (Lipinski definition) is 13. The molecule has 14 nitrogen and oxygen atoms in total. The number of carbonyl (C=O) groups excluding carboxylic acids is 1. The predicted molar refractivity (Wildman–Crippen MR) is 165 cm³/mol. The van der Waals surface area contributed by atoms with E-state index in [1.807, 2.05) is 6.08 Å². The van der Waals surface area contributed by atoms with E-state index in [-0.39, 0.29) is 25.4 Å². The molecule has 8 N–H and O–H groups in total. The molecule has 4 aliphatic heterocycles. The highest BCUT2D eigenvalue weighted by molar-refractivity contribution is 5.82. The molecule has 0 amide bonds. The number of hydrogen-bond donors (Lipinski definition) is 7. The SMILES string of the molecule is C[C@@H]1C\C=C/C=C/C=C/C=C/[C@H](O[C@@H]2O[C@H](C)[C@@H](O)[C@H](N)[C@@H]2O)C[C@@H]2O[C@](O)(C[C@@H](O)C[C@@H]3OC3/C=C\C(=O)O1)C[C@H](O)[C@H]2C(=O)O. The quantitative estimate of drug-likeness (QED) is 0.157. The number of epoxide rings is 1. The molecule has 0 spiro atoms. The topological polar surface area (TPSA) is 231 Å². The fourth-order valence-corrected chi connectivity index (χ4v) is 6.00. The lowest BCUT2D eigenvalue weighted by atomic mass is 9.83. The smallest absolute Gasteiger partial charge is 0.330 e. The van der Waals surface area contributed by atoms with Gasteiger partial charge in [-0.3, -0.25) is 4.79 Å². The van der Waals surface area contributed by atoms with E-state index < -0.39 is 97.3 Å². The van der Waals surface area contributed by atoms with Crippen molar-refractivity contribution < 1.29 is 63.9 Å². The molecule has 0 saturated carbocycles. The molecule has 262 valence electrons. The van der Waals surface area contributed by atoms with Gasteiger partial charge in [0.15, 0.2) is 12.1 Å². The maximum atomic E-state index is 12.3. The summed E-state index contributed by atoms with van der Waals surface area (Å²) in [6, 6.07) is -1.08. The van der Waals surface area contributed by atoms with Gasteiger partial charge < -0.3 is 60.1 Å². The summed E-state index contributed by atoms with van der Waals surface area (Å²) in [4.78, 5) is 24.4. The first-order chi connectivity index (χ1) is 22.3. The van der Waals surface area contributed by atoms with Crippen molar-refractivity contribution in [2.75, 3.05) is 0 Å². The molecule has 4 heterocycles. The highest BCUT2D eigenvalue weighted by atomic mass is 16.7. The minimum Gasteiger partial charge on any atom is -0.481 e. The Bertz CT molecular complexity index is 1220. The van der Waals surface area contributed by atoms with Crippen molar-refractivity contribution in [1.29, 1.82) is 0 Å². The van der Waals surface area contributed by atoms with Gasteiger partial charge in [0.05, 0.1) is 48.8 Å². The summed E-state index contributed by atoms with van der Waals surface area (Å²) in [5, 5.41) is 63.9. The van der Waals surface area contributed by atoms with Crippen molar-refractivity contribution in [2.24, 2.45) is 11.7 Å². The van der Waals surface area contributed by atoms with Gasteiger partial charge in [-0.1, -0.05) is 48.6 Å². The molecular weight excluding hydrogens is 618 g/mol. The number of esters is 1. The van der Waals surface area contributed by atoms with Crippen LogP contribution >= 0.6 is 0 Å². The first-order valence-electron chi connectivity index (χ1n) is 15.9. The second kappa shape index (κ2) is 16.6. The molecule has 3 saturated heterocycles. The Kier molecular flexibility index (Phi) is 13.1. The average molecular weight is 666 g/mol. The van der Waals surface area contributed by atoms with E-state index in [4.69, 9.17) is 29.4 Å². The molecule has 4 aliphatic rings. The molecule has 2 bridgehead atoms. The zero-order valence-corrected chi connectivity index (χ0v) is 26.4. The van der Waals surface area contributed by atoms with E-state index in [0.717, 1.165) is 0 Å². The summed E-state index contributed by atoms with van der Waals surface area (Å²) in [6.07, 6.45) is 5.25. The number of carbonyl (C=O) groups is 2. The predicted octanol–water partition coefficient (Wildman–Crippen LogP) is 0.120. The van der Waals surface area contributed by atoms with Crippen molar-refractivity contribution in [1.82, 2.24) is 0 Å². The molecule has 14 heteroatoms. The highest BCUT2D eigenvalue weighted by Gasteiger charge is 2.51. The van der Waals surface area contributed by atoms with E-state index in [9.17, 15) is 40.2 Å². The van der Waals surface area contributed by atoms with Crippen LogP contribution < -0.4 is 5.73 Å². The van der Waals surface area contributed by atoms with E-state index >= 15 is 0 Å². The average Bonchev–Trinajstić information content (AvgIpc) is 3.72. The minimum atomic E-state index is -2.10. The van der Waals surface area contributed by atoms with Gasteiger partial charge >= 0.3 is 11.9 Å². The number of cyclic esters (lactones) is 1. The molecule has 0 aliphatic carbocycles. The Morgan fingerprint density at radius 1 is 0.936 bits per heavy atom. The maximum absolute atomic E-state index is 12.3. The number of carboxylic acids is 1. The molecule has 1 unspecified atom stereocenters. The van der Waals surface area contributed by atoms with Crippen molar-refractivity contribution in [2.45, 2.75) is 125 Å².